The number of nitrogens with zero attached hydrogens (tertiary/aromatic N) is 3. The number of thioether (sulfide) groups is 1. The summed E-state index contributed by atoms with van der Waals surface area (Å²) in [6, 6.07) is 17.8. The summed E-state index contributed by atoms with van der Waals surface area (Å²) in [5.41, 5.74) is 2.06. The molecule has 0 saturated heterocycles. The van der Waals surface area contributed by atoms with Crippen LogP contribution in [0.5, 0.6) is 5.75 Å². The van der Waals surface area contributed by atoms with Gasteiger partial charge in [0.05, 0.1) is 6.61 Å². The summed E-state index contributed by atoms with van der Waals surface area (Å²) < 4.78 is 7.17. The summed E-state index contributed by atoms with van der Waals surface area (Å²) in [4.78, 5) is 0. The average Bonchev–Trinajstić information content (AvgIpc) is 2.96. The Morgan fingerprint density at radius 3 is 2.57 bits per heavy atom. The molecule has 0 aliphatic carbocycles. The predicted molar refractivity (Wildman–Crippen MR) is 92.8 cm³/mol. The van der Waals surface area contributed by atoms with Crippen LogP contribution in [0.2, 0.25) is 0 Å². The molecule has 0 atom stereocenters. The Balaban J connectivity index is 1.76. The van der Waals surface area contributed by atoms with Crippen LogP contribution in [0.3, 0.4) is 0 Å². The van der Waals surface area contributed by atoms with Crippen LogP contribution in [-0.2, 0) is 5.75 Å². The van der Waals surface area contributed by atoms with Gasteiger partial charge < -0.3 is 10.6 Å². The van der Waals surface area contributed by atoms with Gasteiger partial charge in [-0.3, -0.25) is 0 Å². The first-order valence-corrected chi connectivity index (χ1v) is 8.37. The van der Waals surface area contributed by atoms with E-state index in [0.29, 0.717) is 17.6 Å². The van der Waals surface area contributed by atoms with Crippen molar-refractivity contribution in [3.8, 4) is 17.1 Å². The molecule has 6 heteroatoms. The molecule has 2 aromatic carbocycles. The van der Waals surface area contributed by atoms with Crippen LogP contribution < -0.4 is 10.6 Å². The van der Waals surface area contributed by atoms with Crippen LogP contribution >= 0.6 is 11.8 Å². The van der Waals surface area contributed by atoms with Crippen LogP contribution in [0.4, 0.5) is 0 Å². The van der Waals surface area contributed by atoms with Gasteiger partial charge in [-0.15, -0.1) is 10.2 Å². The Labute approximate surface area is 139 Å². The molecule has 0 unspecified atom stereocenters. The molecule has 3 rings (SSSR count). The third-order valence-corrected chi connectivity index (χ3v) is 4.32. The Kier molecular flexibility index (Phi) is 4.83. The van der Waals surface area contributed by atoms with Crippen molar-refractivity contribution < 1.29 is 4.74 Å². The smallest absolute Gasteiger partial charge is 0.210 e. The van der Waals surface area contributed by atoms with Gasteiger partial charge in [-0.05, 0) is 13.0 Å². The zero-order valence-corrected chi connectivity index (χ0v) is 13.7. The molecule has 0 aliphatic rings. The molecule has 0 saturated carbocycles. The number of para-hydroxylation sites is 1. The highest BCUT2D eigenvalue weighted by Gasteiger charge is 2.13. The Morgan fingerprint density at radius 2 is 1.78 bits per heavy atom. The minimum Gasteiger partial charge on any atom is -0.494 e. The van der Waals surface area contributed by atoms with Crippen molar-refractivity contribution in [1.82, 2.24) is 14.9 Å². The molecule has 3 aromatic rings. The van der Waals surface area contributed by atoms with Gasteiger partial charge in [-0.2, -0.15) is 0 Å². The molecule has 23 heavy (non-hydrogen) atoms. The molecule has 2 N–H and O–H groups in total. The lowest BCUT2D eigenvalue weighted by molar-refractivity contribution is 0.337. The van der Waals surface area contributed by atoms with Crippen molar-refractivity contribution in [3.63, 3.8) is 0 Å². The normalized spacial score (nSPS) is 10.7. The van der Waals surface area contributed by atoms with E-state index in [-0.39, 0.29) is 0 Å². The van der Waals surface area contributed by atoms with Gasteiger partial charge in [0.25, 0.3) is 0 Å². The van der Waals surface area contributed by atoms with Crippen LogP contribution in [-0.4, -0.2) is 21.5 Å². The summed E-state index contributed by atoms with van der Waals surface area (Å²) in [5, 5.41) is 9.06. The third kappa shape index (κ3) is 3.48. The first-order valence-electron chi connectivity index (χ1n) is 7.39. The fourth-order valence-corrected chi connectivity index (χ4v) is 3.07. The zero-order chi connectivity index (χ0) is 16.1. The third-order valence-electron chi connectivity index (χ3n) is 3.33. The first kappa shape index (κ1) is 15.4. The summed E-state index contributed by atoms with van der Waals surface area (Å²) in [5.74, 6) is 8.41. The van der Waals surface area contributed by atoms with Crippen LogP contribution in [0.15, 0.2) is 59.8 Å². The van der Waals surface area contributed by atoms with Crippen molar-refractivity contribution in [2.75, 3.05) is 12.4 Å². The van der Waals surface area contributed by atoms with E-state index in [1.807, 2.05) is 61.5 Å². The highest BCUT2D eigenvalue weighted by molar-refractivity contribution is 7.98. The van der Waals surface area contributed by atoms with Crippen molar-refractivity contribution in [2.45, 2.75) is 17.8 Å². The molecule has 0 aliphatic heterocycles. The Hall–Kier alpha value is -2.47. The zero-order valence-electron chi connectivity index (χ0n) is 12.8. The van der Waals surface area contributed by atoms with Gasteiger partial charge in [-0.25, -0.2) is 4.68 Å². The average molecular weight is 326 g/mol. The van der Waals surface area contributed by atoms with Gasteiger partial charge in [0.15, 0.2) is 5.82 Å². The maximum atomic E-state index is 6.14. The van der Waals surface area contributed by atoms with Gasteiger partial charge in [0, 0.05) is 16.9 Å². The summed E-state index contributed by atoms with van der Waals surface area (Å²) in [6.45, 7) is 2.62. The monoisotopic (exact) mass is 326 g/mol. The number of rotatable bonds is 6. The SMILES string of the molecule is CCOc1ccccc1CSc1nnc(-c2ccccc2)n1N. The maximum absolute atomic E-state index is 6.14. The number of ether oxygens (including phenoxy) is 1. The summed E-state index contributed by atoms with van der Waals surface area (Å²) >= 11 is 1.54. The molecule has 1 heterocycles. The number of nitrogen functional groups attached to an aromatic ring is 1. The lowest BCUT2D eigenvalue weighted by Gasteiger charge is -2.09. The van der Waals surface area contributed by atoms with E-state index in [0.717, 1.165) is 22.6 Å². The van der Waals surface area contributed by atoms with E-state index in [9.17, 15) is 0 Å². The number of benzene rings is 2. The molecule has 0 fully saturated rings. The second-order valence-corrected chi connectivity index (χ2v) is 5.81. The lowest BCUT2D eigenvalue weighted by Crippen LogP contribution is -2.11. The quantitative estimate of drug-likeness (QED) is 0.556. The maximum Gasteiger partial charge on any atom is 0.210 e. The molecule has 0 amide bonds. The number of hydrogen-bond acceptors (Lipinski definition) is 5. The van der Waals surface area contributed by atoms with Crippen molar-refractivity contribution >= 4 is 11.8 Å². The molecule has 118 valence electrons. The highest BCUT2D eigenvalue weighted by Crippen LogP contribution is 2.28. The minimum atomic E-state index is 0.646. The van der Waals surface area contributed by atoms with E-state index < -0.39 is 0 Å². The van der Waals surface area contributed by atoms with E-state index in [2.05, 4.69) is 10.2 Å². The second kappa shape index (κ2) is 7.19. The Morgan fingerprint density at radius 1 is 1.04 bits per heavy atom. The van der Waals surface area contributed by atoms with E-state index in [1.54, 1.807) is 11.8 Å². The van der Waals surface area contributed by atoms with Gasteiger partial charge >= 0.3 is 0 Å². The first-order chi connectivity index (χ1) is 11.3. The number of aromatic nitrogens is 3. The van der Waals surface area contributed by atoms with E-state index in [1.165, 1.54) is 4.68 Å². The fourth-order valence-electron chi connectivity index (χ4n) is 2.22. The van der Waals surface area contributed by atoms with Crippen molar-refractivity contribution in [1.29, 1.82) is 0 Å². The molecule has 1 aromatic heterocycles. The standard InChI is InChI=1S/C17H18N4OS/c1-2-22-15-11-7-6-10-14(15)12-23-17-20-19-16(21(17)18)13-8-4-3-5-9-13/h3-11H,2,12,18H2,1H3. The minimum absolute atomic E-state index is 0.646. The fraction of sp³-hybridized carbons (Fsp3) is 0.176. The molecule has 0 bridgehead atoms. The Bertz CT molecular complexity index is 773. The van der Waals surface area contributed by atoms with Crippen molar-refractivity contribution in [2.24, 2.45) is 0 Å². The second-order valence-electron chi connectivity index (χ2n) is 4.87. The molecule has 0 spiro atoms. The lowest BCUT2D eigenvalue weighted by atomic mass is 10.2. The topological polar surface area (TPSA) is 66.0 Å². The largest absolute Gasteiger partial charge is 0.494 e. The number of nitrogens with two attached hydrogens (primary N) is 1. The molecular weight excluding hydrogens is 308 g/mol. The molecular formula is C17H18N4OS. The van der Waals surface area contributed by atoms with Gasteiger partial charge in [0.2, 0.25) is 5.16 Å². The van der Waals surface area contributed by atoms with E-state index in [4.69, 9.17) is 10.6 Å². The van der Waals surface area contributed by atoms with E-state index >= 15 is 0 Å². The van der Waals surface area contributed by atoms with Gasteiger partial charge in [-0.1, -0.05) is 60.3 Å². The van der Waals surface area contributed by atoms with Crippen molar-refractivity contribution in [3.05, 3.63) is 60.2 Å². The van der Waals surface area contributed by atoms with Crippen LogP contribution in [0.1, 0.15) is 12.5 Å². The highest BCUT2D eigenvalue weighted by atomic mass is 32.2. The number of hydrogen-bond donors (Lipinski definition) is 1. The van der Waals surface area contributed by atoms with Crippen LogP contribution in [0.25, 0.3) is 11.4 Å². The molecule has 0 radical (unpaired) electrons. The van der Waals surface area contributed by atoms with Crippen LogP contribution in [0, 0.1) is 0 Å². The summed E-state index contributed by atoms with van der Waals surface area (Å²) in [6.07, 6.45) is 0. The van der Waals surface area contributed by atoms with Gasteiger partial charge in [0.1, 0.15) is 5.75 Å². The summed E-state index contributed by atoms with van der Waals surface area (Å²) in [7, 11) is 0. The molecule has 5 nitrogen and oxygen atoms in total. The predicted octanol–water partition coefficient (Wildman–Crippen LogP) is 3.35.